The minimum Gasteiger partial charge on any atom is -0.492 e. The summed E-state index contributed by atoms with van der Waals surface area (Å²) in [6.45, 7) is 6.32. The SMILES string of the molecule is CC1CCN(CCOc2ccc(/C(N)=N/O)cc2)CC1. The zero-order valence-electron chi connectivity index (χ0n) is 12.0. The second kappa shape index (κ2) is 7.14. The van der Waals surface area contributed by atoms with Crippen LogP contribution in [0.1, 0.15) is 25.3 Å². The van der Waals surface area contributed by atoms with Gasteiger partial charge < -0.3 is 15.7 Å². The molecule has 5 nitrogen and oxygen atoms in total. The first-order chi connectivity index (χ1) is 9.69. The highest BCUT2D eigenvalue weighted by Gasteiger charge is 2.15. The number of benzene rings is 1. The predicted molar refractivity (Wildman–Crippen MR) is 79.3 cm³/mol. The van der Waals surface area contributed by atoms with Gasteiger partial charge in [-0.05, 0) is 56.1 Å². The van der Waals surface area contributed by atoms with E-state index in [1.165, 1.54) is 25.9 Å². The number of nitrogens with zero attached hydrogens (tertiary/aromatic N) is 2. The van der Waals surface area contributed by atoms with Crippen molar-refractivity contribution < 1.29 is 9.94 Å². The Morgan fingerprint density at radius 1 is 1.35 bits per heavy atom. The van der Waals surface area contributed by atoms with Crippen molar-refractivity contribution in [2.45, 2.75) is 19.8 Å². The fourth-order valence-electron chi connectivity index (χ4n) is 2.36. The van der Waals surface area contributed by atoms with E-state index >= 15 is 0 Å². The fraction of sp³-hybridized carbons (Fsp3) is 0.533. The first-order valence-corrected chi connectivity index (χ1v) is 7.12. The minimum absolute atomic E-state index is 0.110. The van der Waals surface area contributed by atoms with Crippen molar-refractivity contribution in [1.29, 1.82) is 0 Å². The Bertz CT molecular complexity index is 437. The third-order valence-electron chi connectivity index (χ3n) is 3.81. The number of ether oxygens (including phenoxy) is 1. The Labute approximate surface area is 120 Å². The zero-order chi connectivity index (χ0) is 14.4. The summed E-state index contributed by atoms with van der Waals surface area (Å²) in [5, 5.41) is 11.6. The highest BCUT2D eigenvalue weighted by Crippen LogP contribution is 2.16. The molecule has 1 heterocycles. The van der Waals surface area contributed by atoms with Crippen LogP contribution in [0.5, 0.6) is 5.75 Å². The van der Waals surface area contributed by atoms with Crippen molar-refractivity contribution in [3.05, 3.63) is 29.8 Å². The van der Waals surface area contributed by atoms with E-state index in [4.69, 9.17) is 15.7 Å². The van der Waals surface area contributed by atoms with Crippen molar-refractivity contribution in [3.8, 4) is 5.75 Å². The van der Waals surface area contributed by atoms with Crippen molar-refractivity contribution in [3.63, 3.8) is 0 Å². The number of oxime groups is 1. The Kier molecular flexibility index (Phi) is 5.24. The number of rotatable bonds is 5. The van der Waals surface area contributed by atoms with Crippen molar-refractivity contribution in [1.82, 2.24) is 4.90 Å². The van der Waals surface area contributed by atoms with Crippen LogP contribution in [-0.2, 0) is 0 Å². The number of nitrogens with two attached hydrogens (primary N) is 1. The molecule has 5 heteroatoms. The average molecular weight is 277 g/mol. The van der Waals surface area contributed by atoms with Crippen LogP contribution < -0.4 is 10.5 Å². The van der Waals surface area contributed by atoms with E-state index < -0.39 is 0 Å². The summed E-state index contributed by atoms with van der Waals surface area (Å²) in [4.78, 5) is 2.45. The molecule has 20 heavy (non-hydrogen) atoms. The number of piperidine rings is 1. The molecule has 110 valence electrons. The molecule has 1 fully saturated rings. The Morgan fingerprint density at radius 2 is 2.00 bits per heavy atom. The molecule has 0 aromatic heterocycles. The van der Waals surface area contributed by atoms with Gasteiger partial charge in [-0.15, -0.1) is 0 Å². The molecule has 1 aliphatic heterocycles. The normalized spacial score (nSPS) is 18.1. The van der Waals surface area contributed by atoms with E-state index in [2.05, 4.69) is 17.0 Å². The molecule has 1 aromatic rings. The van der Waals surface area contributed by atoms with Crippen LogP contribution in [0.15, 0.2) is 29.4 Å². The molecule has 2 rings (SSSR count). The molecule has 0 radical (unpaired) electrons. The standard InChI is InChI=1S/C15H23N3O2/c1-12-6-8-18(9-7-12)10-11-20-14-4-2-13(3-5-14)15(16)17-19/h2-5,12,19H,6-11H2,1H3,(H2,16,17). The summed E-state index contributed by atoms with van der Waals surface area (Å²) in [5.74, 6) is 1.78. The molecule has 1 aliphatic rings. The second-order valence-electron chi connectivity index (χ2n) is 5.38. The van der Waals surface area contributed by atoms with Gasteiger partial charge in [-0.25, -0.2) is 0 Å². The lowest BCUT2D eigenvalue weighted by Crippen LogP contribution is -2.35. The van der Waals surface area contributed by atoms with Crippen molar-refractivity contribution in [2.24, 2.45) is 16.8 Å². The van der Waals surface area contributed by atoms with E-state index in [-0.39, 0.29) is 5.84 Å². The lowest BCUT2D eigenvalue weighted by Gasteiger charge is -2.29. The molecular weight excluding hydrogens is 254 g/mol. The Morgan fingerprint density at radius 3 is 2.60 bits per heavy atom. The molecule has 3 N–H and O–H groups in total. The van der Waals surface area contributed by atoms with Gasteiger partial charge in [0.05, 0.1) is 0 Å². The number of hydrogen-bond donors (Lipinski definition) is 2. The van der Waals surface area contributed by atoms with E-state index in [0.717, 1.165) is 18.2 Å². The van der Waals surface area contributed by atoms with Crippen LogP contribution in [0, 0.1) is 5.92 Å². The smallest absolute Gasteiger partial charge is 0.170 e. The number of hydrogen-bond acceptors (Lipinski definition) is 4. The van der Waals surface area contributed by atoms with Crippen LogP contribution in [0.25, 0.3) is 0 Å². The monoisotopic (exact) mass is 277 g/mol. The first kappa shape index (κ1) is 14.7. The molecule has 1 saturated heterocycles. The molecule has 0 amide bonds. The van der Waals surface area contributed by atoms with Crippen LogP contribution in [-0.4, -0.2) is 42.2 Å². The molecule has 1 aromatic carbocycles. The maximum absolute atomic E-state index is 8.59. The van der Waals surface area contributed by atoms with E-state index in [0.29, 0.717) is 12.2 Å². The first-order valence-electron chi connectivity index (χ1n) is 7.12. The lowest BCUT2D eigenvalue weighted by molar-refractivity contribution is 0.160. The topological polar surface area (TPSA) is 71.1 Å². The van der Waals surface area contributed by atoms with Gasteiger partial charge in [-0.2, -0.15) is 0 Å². The second-order valence-corrected chi connectivity index (χ2v) is 5.38. The summed E-state index contributed by atoms with van der Waals surface area (Å²) < 4.78 is 5.72. The molecule has 0 aliphatic carbocycles. The maximum Gasteiger partial charge on any atom is 0.170 e. The fourth-order valence-corrected chi connectivity index (χ4v) is 2.36. The predicted octanol–water partition coefficient (Wildman–Crippen LogP) is 1.89. The largest absolute Gasteiger partial charge is 0.492 e. The van der Waals surface area contributed by atoms with Gasteiger partial charge in [0, 0.05) is 12.1 Å². The van der Waals surface area contributed by atoms with Gasteiger partial charge in [-0.1, -0.05) is 12.1 Å². The van der Waals surface area contributed by atoms with Crippen LogP contribution >= 0.6 is 0 Å². The summed E-state index contributed by atoms with van der Waals surface area (Å²) in [5.41, 5.74) is 6.19. The highest BCUT2D eigenvalue weighted by atomic mass is 16.5. The van der Waals surface area contributed by atoms with Gasteiger partial charge >= 0.3 is 0 Å². The molecule has 0 atom stereocenters. The summed E-state index contributed by atoms with van der Waals surface area (Å²) in [7, 11) is 0. The maximum atomic E-state index is 8.59. The van der Waals surface area contributed by atoms with Crippen molar-refractivity contribution in [2.75, 3.05) is 26.2 Å². The third kappa shape index (κ3) is 4.13. The molecule has 0 unspecified atom stereocenters. The molecule has 0 saturated carbocycles. The summed E-state index contributed by atoms with van der Waals surface area (Å²) >= 11 is 0. The van der Waals surface area contributed by atoms with Gasteiger partial charge in [0.1, 0.15) is 12.4 Å². The lowest BCUT2D eigenvalue weighted by atomic mass is 9.99. The minimum atomic E-state index is 0.110. The van der Waals surface area contributed by atoms with Gasteiger partial charge in [0.2, 0.25) is 0 Å². The van der Waals surface area contributed by atoms with Gasteiger partial charge in [-0.3, -0.25) is 4.90 Å². The molecular formula is C15H23N3O2. The van der Waals surface area contributed by atoms with Crippen LogP contribution in [0.3, 0.4) is 0 Å². The van der Waals surface area contributed by atoms with E-state index in [1.807, 2.05) is 12.1 Å². The average Bonchev–Trinajstić information content (AvgIpc) is 2.49. The van der Waals surface area contributed by atoms with E-state index in [9.17, 15) is 0 Å². The van der Waals surface area contributed by atoms with Crippen LogP contribution in [0.4, 0.5) is 0 Å². The number of likely N-dealkylation sites (tertiary alicyclic amines) is 1. The van der Waals surface area contributed by atoms with Crippen LogP contribution in [0.2, 0.25) is 0 Å². The van der Waals surface area contributed by atoms with Gasteiger partial charge in [0.25, 0.3) is 0 Å². The number of amidine groups is 1. The third-order valence-corrected chi connectivity index (χ3v) is 3.81. The highest BCUT2D eigenvalue weighted by molar-refractivity contribution is 5.97. The molecule has 0 bridgehead atoms. The summed E-state index contributed by atoms with van der Waals surface area (Å²) in [6.07, 6.45) is 2.57. The quantitative estimate of drug-likeness (QED) is 0.373. The Hall–Kier alpha value is -1.75. The van der Waals surface area contributed by atoms with Gasteiger partial charge in [0.15, 0.2) is 5.84 Å². The zero-order valence-corrected chi connectivity index (χ0v) is 12.0. The van der Waals surface area contributed by atoms with Crippen molar-refractivity contribution >= 4 is 5.84 Å². The van der Waals surface area contributed by atoms with E-state index in [1.54, 1.807) is 12.1 Å². The summed E-state index contributed by atoms with van der Waals surface area (Å²) in [6, 6.07) is 7.25. The molecule has 0 spiro atoms. The Balaban J connectivity index is 1.74.